The SMILES string of the molecule is Cn1ncc(N)c1-c1ccc(Cl)cc1C(F)(F)F. The lowest BCUT2D eigenvalue weighted by molar-refractivity contribution is -0.137. The van der Waals surface area contributed by atoms with Crippen LogP contribution in [-0.2, 0) is 13.2 Å². The first-order valence-electron chi connectivity index (χ1n) is 4.95. The van der Waals surface area contributed by atoms with Gasteiger partial charge in [-0.3, -0.25) is 4.68 Å². The molecule has 2 N–H and O–H groups in total. The summed E-state index contributed by atoms with van der Waals surface area (Å²) in [6.07, 6.45) is -3.19. The number of anilines is 1. The highest BCUT2D eigenvalue weighted by Gasteiger charge is 2.35. The summed E-state index contributed by atoms with van der Waals surface area (Å²) >= 11 is 5.61. The third kappa shape index (κ3) is 2.15. The minimum Gasteiger partial charge on any atom is -0.396 e. The molecule has 0 radical (unpaired) electrons. The summed E-state index contributed by atoms with van der Waals surface area (Å²) in [4.78, 5) is 0. The van der Waals surface area contributed by atoms with Crippen molar-refractivity contribution in [1.82, 2.24) is 9.78 Å². The number of halogens is 4. The lowest BCUT2D eigenvalue weighted by atomic mass is 10.0. The van der Waals surface area contributed by atoms with E-state index in [1.54, 1.807) is 0 Å². The molecule has 2 rings (SSSR count). The number of hydrogen-bond donors (Lipinski definition) is 1. The number of nitrogen functional groups attached to an aromatic ring is 1. The maximum absolute atomic E-state index is 13.0. The number of nitrogens with zero attached hydrogens (tertiary/aromatic N) is 2. The molecule has 0 aliphatic heterocycles. The van der Waals surface area contributed by atoms with Gasteiger partial charge in [-0.15, -0.1) is 0 Å². The van der Waals surface area contributed by atoms with Crippen LogP contribution < -0.4 is 5.73 Å². The molecule has 1 heterocycles. The van der Waals surface area contributed by atoms with Crippen LogP contribution in [0.25, 0.3) is 11.3 Å². The Morgan fingerprint density at radius 1 is 1.33 bits per heavy atom. The number of nitrogens with two attached hydrogens (primary N) is 1. The van der Waals surface area contributed by atoms with Crippen molar-refractivity contribution >= 4 is 17.3 Å². The number of hydrogen-bond acceptors (Lipinski definition) is 2. The van der Waals surface area contributed by atoms with E-state index in [0.29, 0.717) is 0 Å². The number of rotatable bonds is 1. The van der Waals surface area contributed by atoms with Crippen molar-refractivity contribution in [2.24, 2.45) is 7.05 Å². The second-order valence-electron chi connectivity index (χ2n) is 3.76. The van der Waals surface area contributed by atoms with Crippen molar-refractivity contribution in [3.05, 3.63) is 35.0 Å². The van der Waals surface area contributed by atoms with Crippen molar-refractivity contribution in [2.75, 3.05) is 5.73 Å². The Morgan fingerprint density at radius 3 is 2.50 bits per heavy atom. The second-order valence-corrected chi connectivity index (χ2v) is 4.20. The van der Waals surface area contributed by atoms with Crippen LogP contribution in [0.5, 0.6) is 0 Å². The molecule has 0 amide bonds. The minimum absolute atomic E-state index is 0.0202. The van der Waals surface area contributed by atoms with Crippen molar-refractivity contribution in [3.63, 3.8) is 0 Å². The van der Waals surface area contributed by atoms with Crippen molar-refractivity contribution < 1.29 is 13.2 Å². The Labute approximate surface area is 106 Å². The van der Waals surface area contributed by atoms with Gasteiger partial charge in [0.05, 0.1) is 23.1 Å². The van der Waals surface area contributed by atoms with Crippen LogP contribution in [0.2, 0.25) is 5.02 Å². The van der Waals surface area contributed by atoms with Crippen LogP contribution in [0.15, 0.2) is 24.4 Å². The summed E-state index contributed by atoms with van der Waals surface area (Å²) in [5.74, 6) is 0. The molecule has 0 fully saturated rings. The Balaban J connectivity index is 2.73. The monoisotopic (exact) mass is 275 g/mol. The van der Waals surface area contributed by atoms with Crippen LogP contribution >= 0.6 is 11.6 Å². The predicted molar refractivity (Wildman–Crippen MR) is 63.1 cm³/mol. The van der Waals surface area contributed by atoms with E-state index in [1.807, 2.05) is 0 Å². The van der Waals surface area contributed by atoms with Crippen LogP contribution in [-0.4, -0.2) is 9.78 Å². The van der Waals surface area contributed by atoms with Gasteiger partial charge < -0.3 is 5.73 Å². The number of alkyl halides is 3. The van der Waals surface area contributed by atoms with E-state index in [4.69, 9.17) is 17.3 Å². The zero-order valence-electron chi connectivity index (χ0n) is 9.29. The maximum atomic E-state index is 13.0. The van der Waals surface area contributed by atoms with Crippen molar-refractivity contribution in [1.29, 1.82) is 0 Å². The predicted octanol–water partition coefficient (Wildman–Crippen LogP) is 3.34. The zero-order chi connectivity index (χ0) is 13.5. The van der Waals surface area contributed by atoms with Crippen LogP contribution in [0.3, 0.4) is 0 Å². The van der Waals surface area contributed by atoms with Gasteiger partial charge in [0.15, 0.2) is 0 Å². The molecule has 0 spiro atoms. The van der Waals surface area contributed by atoms with Gasteiger partial charge in [0.25, 0.3) is 0 Å². The van der Waals surface area contributed by atoms with Gasteiger partial charge in [0, 0.05) is 17.6 Å². The highest BCUT2D eigenvalue weighted by Crippen LogP contribution is 2.39. The van der Waals surface area contributed by atoms with Gasteiger partial charge in [-0.25, -0.2) is 0 Å². The molecular formula is C11H9ClF3N3. The van der Waals surface area contributed by atoms with E-state index < -0.39 is 11.7 Å². The fourth-order valence-electron chi connectivity index (χ4n) is 1.74. The standard InChI is InChI=1S/C11H9ClF3N3/c1-18-10(9(16)5-17-18)7-3-2-6(12)4-8(7)11(13,14)15/h2-5H,16H2,1H3. The quantitative estimate of drug-likeness (QED) is 0.867. The molecule has 96 valence electrons. The first kappa shape index (κ1) is 12.8. The highest BCUT2D eigenvalue weighted by molar-refractivity contribution is 6.30. The average Bonchev–Trinajstić information content (AvgIpc) is 2.58. The largest absolute Gasteiger partial charge is 0.417 e. The molecular weight excluding hydrogens is 267 g/mol. The summed E-state index contributed by atoms with van der Waals surface area (Å²) in [5.41, 5.74) is 5.18. The number of aryl methyl sites for hydroxylation is 1. The summed E-state index contributed by atoms with van der Waals surface area (Å²) in [6.45, 7) is 0. The maximum Gasteiger partial charge on any atom is 0.417 e. The molecule has 18 heavy (non-hydrogen) atoms. The van der Waals surface area contributed by atoms with Crippen LogP contribution in [0, 0.1) is 0 Å². The van der Waals surface area contributed by atoms with Crippen molar-refractivity contribution in [2.45, 2.75) is 6.18 Å². The van der Waals surface area contributed by atoms with Gasteiger partial charge in [0.2, 0.25) is 0 Å². The van der Waals surface area contributed by atoms with Gasteiger partial charge >= 0.3 is 6.18 Å². The lowest BCUT2D eigenvalue weighted by Crippen LogP contribution is -2.09. The van der Waals surface area contributed by atoms with E-state index in [1.165, 1.54) is 30.1 Å². The topological polar surface area (TPSA) is 43.8 Å². The molecule has 1 aromatic heterocycles. The second kappa shape index (κ2) is 4.20. The highest BCUT2D eigenvalue weighted by atomic mass is 35.5. The normalized spacial score (nSPS) is 11.8. The van der Waals surface area contributed by atoms with E-state index in [2.05, 4.69) is 5.10 Å². The molecule has 0 aliphatic rings. The fourth-order valence-corrected chi connectivity index (χ4v) is 1.91. The Hall–Kier alpha value is -1.69. The molecule has 0 saturated heterocycles. The summed E-state index contributed by atoms with van der Waals surface area (Å²) < 4.78 is 40.2. The van der Waals surface area contributed by atoms with E-state index in [9.17, 15) is 13.2 Å². The summed E-state index contributed by atoms with van der Waals surface area (Å²) in [6, 6.07) is 3.56. The van der Waals surface area contributed by atoms with Crippen LogP contribution in [0.1, 0.15) is 5.56 Å². The number of benzene rings is 1. The molecule has 0 aliphatic carbocycles. The Bertz CT molecular complexity index is 570. The molecule has 0 bridgehead atoms. The molecule has 7 heteroatoms. The van der Waals surface area contributed by atoms with E-state index in [-0.39, 0.29) is 22.0 Å². The molecule has 0 unspecified atom stereocenters. The molecule has 1 aromatic carbocycles. The van der Waals surface area contributed by atoms with E-state index >= 15 is 0 Å². The third-order valence-electron chi connectivity index (χ3n) is 2.51. The molecule has 0 saturated carbocycles. The van der Waals surface area contributed by atoms with E-state index in [0.717, 1.165) is 6.07 Å². The smallest absolute Gasteiger partial charge is 0.396 e. The number of aromatic nitrogens is 2. The van der Waals surface area contributed by atoms with Gasteiger partial charge in [-0.2, -0.15) is 18.3 Å². The summed E-state index contributed by atoms with van der Waals surface area (Å²) in [7, 11) is 1.53. The fraction of sp³-hybridized carbons (Fsp3) is 0.182. The third-order valence-corrected chi connectivity index (χ3v) is 2.74. The summed E-state index contributed by atoms with van der Waals surface area (Å²) in [5, 5.41) is 3.85. The first-order chi connectivity index (χ1) is 8.30. The minimum atomic E-state index is -4.50. The first-order valence-corrected chi connectivity index (χ1v) is 5.33. The van der Waals surface area contributed by atoms with Gasteiger partial charge in [-0.05, 0) is 12.1 Å². The van der Waals surface area contributed by atoms with Crippen LogP contribution in [0.4, 0.5) is 18.9 Å². The Kier molecular flexibility index (Phi) is 2.98. The molecule has 0 atom stereocenters. The zero-order valence-corrected chi connectivity index (χ0v) is 10.0. The molecule has 3 nitrogen and oxygen atoms in total. The van der Waals surface area contributed by atoms with Gasteiger partial charge in [0.1, 0.15) is 0 Å². The molecule has 2 aromatic rings. The van der Waals surface area contributed by atoms with Crippen molar-refractivity contribution in [3.8, 4) is 11.3 Å². The van der Waals surface area contributed by atoms with Gasteiger partial charge in [-0.1, -0.05) is 17.7 Å². The Morgan fingerprint density at radius 2 is 2.00 bits per heavy atom. The lowest BCUT2D eigenvalue weighted by Gasteiger charge is -2.14. The average molecular weight is 276 g/mol.